The molecule has 5 N–H and O–H groups in total. The summed E-state index contributed by atoms with van der Waals surface area (Å²) >= 11 is 6.76. The molecule has 2 atom stereocenters. The minimum absolute atomic E-state index is 0.104. The van der Waals surface area contributed by atoms with Gasteiger partial charge in [-0.25, -0.2) is 9.78 Å². The lowest BCUT2D eigenvalue weighted by Crippen LogP contribution is -2.42. The Morgan fingerprint density at radius 2 is 2.00 bits per heavy atom. The molecule has 0 saturated carbocycles. The van der Waals surface area contributed by atoms with Crippen LogP contribution in [0, 0.1) is 0 Å². The van der Waals surface area contributed by atoms with Crippen LogP contribution in [-0.2, 0) is 16.1 Å². The first-order valence-corrected chi connectivity index (χ1v) is 11.9. The third kappa shape index (κ3) is 6.73. The first-order chi connectivity index (χ1) is 14.4. The lowest BCUT2D eigenvalue weighted by atomic mass is 10.1. The van der Waals surface area contributed by atoms with Crippen molar-refractivity contribution in [2.24, 2.45) is 5.73 Å². The van der Waals surface area contributed by atoms with Gasteiger partial charge in [-0.05, 0) is 24.0 Å². The fourth-order valence-electron chi connectivity index (χ4n) is 2.48. The number of amides is 2. The Labute approximate surface area is 188 Å². The normalized spacial score (nSPS) is 12.8. The summed E-state index contributed by atoms with van der Waals surface area (Å²) in [4.78, 5) is 41.2. The molecule has 1 heterocycles. The van der Waals surface area contributed by atoms with Crippen molar-refractivity contribution in [3.63, 3.8) is 0 Å². The number of thioether (sulfide) groups is 1. The molecule has 0 fully saturated rings. The van der Waals surface area contributed by atoms with Gasteiger partial charge in [0, 0.05) is 5.75 Å². The van der Waals surface area contributed by atoms with Gasteiger partial charge >= 0.3 is 5.97 Å². The predicted octanol–water partition coefficient (Wildman–Crippen LogP) is 1.62. The molecule has 2 amide bonds. The molecule has 0 aliphatic heterocycles. The first kappa shape index (κ1) is 24.2. The molecule has 2 unspecified atom stereocenters. The molecule has 0 saturated heterocycles. The minimum atomic E-state index is -1.10. The zero-order valence-corrected chi connectivity index (χ0v) is 18.9. The van der Waals surface area contributed by atoms with Gasteiger partial charge in [0.05, 0.1) is 17.5 Å². The van der Waals surface area contributed by atoms with Crippen LogP contribution in [0.1, 0.15) is 21.9 Å². The molecule has 0 aliphatic rings. The summed E-state index contributed by atoms with van der Waals surface area (Å²) in [5.41, 5.74) is 6.56. The number of carbonyl (C=O) groups excluding carboxylic acids is 2. The number of hydrogen-bond acceptors (Lipinski definition) is 8. The minimum Gasteiger partial charge on any atom is -0.480 e. The third-order valence-electron chi connectivity index (χ3n) is 4.08. The summed E-state index contributed by atoms with van der Waals surface area (Å²) in [5, 5.41) is 15.1. The molecule has 0 bridgehead atoms. The van der Waals surface area contributed by atoms with Crippen molar-refractivity contribution in [2.45, 2.75) is 25.0 Å². The van der Waals surface area contributed by atoms with Gasteiger partial charge < -0.3 is 21.5 Å². The van der Waals surface area contributed by atoms with Crippen LogP contribution in [0.2, 0.25) is 0 Å². The van der Waals surface area contributed by atoms with Crippen LogP contribution >= 0.6 is 35.7 Å². The standard InChI is InChI=1S/C19H24N4O4S3/c1-29-8-7-13(19(26)27)22-18(25)15-16(11-5-3-2-4-6-11)30-14(23-15)9-21-17(24)12(20)10-28/h2-6,12-13,28H,7-10,20H2,1H3,(H,21,24)(H,22,25)(H,26,27). The Morgan fingerprint density at radius 3 is 2.60 bits per heavy atom. The summed E-state index contributed by atoms with van der Waals surface area (Å²) in [7, 11) is 0. The highest BCUT2D eigenvalue weighted by Gasteiger charge is 2.25. The topological polar surface area (TPSA) is 134 Å². The summed E-state index contributed by atoms with van der Waals surface area (Å²) in [5.74, 6) is -1.22. The molecule has 0 spiro atoms. The maximum absolute atomic E-state index is 12.9. The lowest BCUT2D eigenvalue weighted by molar-refractivity contribution is -0.139. The van der Waals surface area contributed by atoms with Crippen molar-refractivity contribution in [1.82, 2.24) is 15.6 Å². The number of thiazole rings is 1. The fourth-order valence-corrected chi connectivity index (χ4v) is 4.12. The van der Waals surface area contributed by atoms with Crippen LogP contribution in [0.15, 0.2) is 30.3 Å². The van der Waals surface area contributed by atoms with Gasteiger partial charge in [0.2, 0.25) is 5.91 Å². The van der Waals surface area contributed by atoms with E-state index in [1.165, 1.54) is 23.1 Å². The van der Waals surface area contributed by atoms with E-state index in [0.29, 0.717) is 22.1 Å². The number of benzene rings is 1. The molecule has 2 rings (SSSR count). The van der Waals surface area contributed by atoms with Crippen molar-refractivity contribution >= 4 is 53.5 Å². The quantitative estimate of drug-likeness (QED) is 0.316. The Hall–Kier alpha value is -2.08. The van der Waals surface area contributed by atoms with E-state index in [2.05, 4.69) is 28.2 Å². The van der Waals surface area contributed by atoms with Gasteiger partial charge in [-0.3, -0.25) is 9.59 Å². The number of nitrogens with two attached hydrogens (primary N) is 1. The Kier molecular flexibility index (Phi) is 9.63. The highest BCUT2D eigenvalue weighted by Crippen LogP contribution is 2.30. The smallest absolute Gasteiger partial charge is 0.326 e. The van der Waals surface area contributed by atoms with Crippen LogP contribution < -0.4 is 16.4 Å². The van der Waals surface area contributed by atoms with E-state index >= 15 is 0 Å². The summed E-state index contributed by atoms with van der Waals surface area (Å²) < 4.78 is 0. The average molecular weight is 469 g/mol. The van der Waals surface area contributed by atoms with Crippen molar-refractivity contribution < 1.29 is 19.5 Å². The van der Waals surface area contributed by atoms with E-state index in [1.807, 2.05) is 36.6 Å². The van der Waals surface area contributed by atoms with Crippen LogP contribution in [0.3, 0.4) is 0 Å². The molecular weight excluding hydrogens is 444 g/mol. The van der Waals surface area contributed by atoms with Crippen molar-refractivity contribution in [3.8, 4) is 10.4 Å². The number of aromatic nitrogens is 1. The van der Waals surface area contributed by atoms with Crippen molar-refractivity contribution in [1.29, 1.82) is 0 Å². The second-order valence-corrected chi connectivity index (χ2v) is 8.74. The lowest BCUT2D eigenvalue weighted by Gasteiger charge is -2.13. The number of carboxylic acids is 1. The maximum Gasteiger partial charge on any atom is 0.326 e. The molecule has 11 heteroatoms. The Balaban J connectivity index is 2.27. The number of nitrogens with one attached hydrogen (secondary N) is 2. The summed E-state index contributed by atoms with van der Waals surface area (Å²) in [6.07, 6.45) is 2.17. The van der Waals surface area contributed by atoms with E-state index < -0.39 is 24.0 Å². The molecule has 8 nitrogen and oxygen atoms in total. The molecule has 0 radical (unpaired) electrons. The molecule has 2 aromatic rings. The van der Waals surface area contributed by atoms with E-state index in [9.17, 15) is 19.5 Å². The maximum atomic E-state index is 12.9. The second kappa shape index (κ2) is 11.9. The highest BCUT2D eigenvalue weighted by atomic mass is 32.2. The molecule has 0 aliphatic carbocycles. The van der Waals surface area contributed by atoms with E-state index in [1.54, 1.807) is 0 Å². The summed E-state index contributed by atoms with van der Waals surface area (Å²) in [6, 6.07) is 7.46. The first-order valence-electron chi connectivity index (χ1n) is 9.09. The van der Waals surface area contributed by atoms with E-state index in [-0.39, 0.29) is 23.9 Å². The van der Waals surface area contributed by atoms with Crippen LogP contribution in [-0.4, -0.2) is 57.7 Å². The number of hydrogen-bond donors (Lipinski definition) is 5. The van der Waals surface area contributed by atoms with Crippen molar-refractivity contribution in [3.05, 3.63) is 41.0 Å². The molecule has 162 valence electrons. The van der Waals surface area contributed by atoms with Crippen LogP contribution in [0.4, 0.5) is 0 Å². The predicted molar refractivity (Wildman–Crippen MR) is 123 cm³/mol. The van der Waals surface area contributed by atoms with Gasteiger partial charge in [0.1, 0.15) is 16.7 Å². The zero-order chi connectivity index (χ0) is 22.1. The Morgan fingerprint density at radius 1 is 1.30 bits per heavy atom. The molecule has 1 aromatic heterocycles. The second-order valence-electron chi connectivity index (χ2n) is 6.30. The van der Waals surface area contributed by atoms with Crippen LogP contribution in [0.5, 0.6) is 0 Å². The third-order valence-corrected chi connectivity index (χ3v) is 6.23. The zero-order valence-electron chi connectivity index (χ0n) is 16.3. The SMILES string of the molecule is CSCCC(NC(=O)c1nc(CNC(=O)C(N)CS)sc1-c1ccccc1)C(=O)O. The summed E-state index contributed by atoms with van der Waals surface area (Å²) in [6.45, 7) is 0.104. The number of nitrogens with zero attached hydrogens (tertiary/aromatic N) is 1. The number of rotatable bonds is 11. The molecular formula is C19H24N4O4S3. The van der Waals surface area contributed by atoms with Crippen LogP contribution in [0.25, 0.3) is 10.4 Å². The van der Waals surface area contributed by atoms with E-state index in [4.69, 9.17) is 5.73 Å². The monoisotopic (exact) mass is 468 g/mol. The largest absolute Gasteiger partial charge is 0.480 e. The molecule has 1 aromatic carbocycles. The average Bonchev–Trinajstić information content (AvgIpc) is 3.19. The van der Waals surface area contributed by atoms with Gasteiger partial charge in [-0.2, -0.15) is 24.4 Å². The number of aliphatic carboxylic acids is 1. The van der Waals surface area contributed by atoms with Gasteiger partial charge in [0.15, 0.2) is 0 Å². The highest BCUT2D eigenvalue weighted by molar-refractivity contribution is 7.98. The molecule has 30 heavy (non-hydrogen) atoms. The fraction of sp³-hybridized carbons (Fsp3) is 0.368. The Bertz CT molecular complexity index is 876. The van der Waals surface area contributed by atoms with E-state index in [0.717, 1.165) is 5.56 Å². The number of carboxylic acid groups (broad SMARTS) is 1. The van der Waals surface area contributed by atoms with Gasteiger partial charge in [-0.15, -0.1) is 11.3 Å². The van der Waals surface area contributed by atoms with Gasteiger partial charge in [-0.1, -0.05) is 30.3 Å². The van der Waals surface area contributed by atoms with Gasteiger partial charge in [0.25, 0.3) is 5.91 Å². The van der Waals surface area contributed by atoms with Crippen molar-refractivity contribution in [2.75, 3.05) is 17.8 Å². The number of carbonyl (C=O) groups is 3. The number of thiol groups is 1.